The zero-order valence-electron chi connectivity index (χ0n) is 16.3. The Labute approximate surface area is 183 Å². The Morgan fingerprint density at radius 3 is 2.39 bits per heavy atom. The van der Waals surface area contributed by atoms with Crippen LogP contribution in [-0.4, -0.2) is 14.3 Å². The lowest BCUT2D eigenvalue weighted by Gasteiger charge is -2.09. The molecular formula is C22H18FN3O3S2. The summed E-state index contributed by atoms with van der Waals surface area (Å²) in [6.07, 6.45) is 3.91. The summed E-state index contributed by atoms with van der Waals surface area (Å²) >= 11 is 1.45. The Balaban J connectivity index is 1.48. The number of hydrogen-bond donors (Lipinski definition) is 2. The third-order valence-electron chi connectivity index (χ3n) is 5.03. The Bertz CT molecular complexity index is 1280. The van der Waals surface area contributed by atoms with Crippen LogP contribution in [0.2, 0.25) is 0 Å². The second-order valence-electron chi connectivity index (χ2n) is 7.12. The highest BCUT2D eigenvalue weighted by atomic mass is 32.2. The first kappa shape index (κ1) is 21.0. The number of benzene rings is 2. The number of fused-ring (bicyclic) bond motifs is 1. The third-order valence-corrected chi connectivity index (χ3v) is 7.64. The number of rotatable bonds is 5. The summed E-state index contributed by atoms with van der Waals surface area (Å²) in [5.74, 6) is -0.900. The fourth-order valence-corrected chi connectivity index (χ4v) is 5.76. The average molecular weight is 456 g/mol. The van der Waals surface area contributed by atoms with E-state index in [2.05, 4.69) is 16.1 Å². The molecule has 31 heavy (non-hydrogen) atoms. The Morgan fingerprint density at radius 1 is 1.03 bits per heavy atom. The number of nitriles is 1. The molecule has 1 aromatic heterocycles. The third kappa shape index (κ3) is 4.45. The van der Waals surface area contributed by atoms with Gasteiger partial charge >= 0.3 is 0 Å². The van der Waals surface area contributed by atoms with Crippen LogP contribution in [-0.2, 0) is 22.9 Å². The summed E-state index contributed by atoms with van der Waals surface area (Å²) in [6.45, 7) is 0. The molecule has 0 aliphatic heterocycles. The second kappa shape index (κ2) is 8.49. The summed E-state index contributed by atoms with van der Waals surface area (Å²) in [4.78, 5) is 13.7. The van der Waals surface area contributed by atoms with Crippen molar-refractivity contribution < 1.29 is 17.6 Å². The average Bonchev–Trinajstić information content (AvgIpc) is 3.11. The number of amides is 1. The van der Waals surface area contributed by atoms with Gasteiger partial charge in [-0.25, -0.2) is 12.8 Å². The highest BCUT2D eigenvalue weighted by Crippen LogP contribution is 2.37. The smallest absolute Gasteiger partial charge is 0.261 e. The normalized spacial score (nSPS) is 13.2. The van der Waals surface area contributed by atoms with Gasteiger partial charge in [-0.3, -0.25) is 9.52 Å². The highest BCUT2D eigenvalue weighted by molar-refractivity contribution is 7.92. The molecule has 3 aromatic rings. The SMILES string of the molecule is N#Cc1c(NC(=O)c2ccc(NS(=O)(=O)c3ccc(F)cc3)cc2)sc2c1CCCC2. The molecule has 4 rings (SSSR count). The Hall–Kier alpha value is -3.22. The van der Waals surface area contributed by atoms with Gasteiger partial charge in [-0.1, -0.05) is 0 Å². The minimum Gasteiger partial charge on any atom is -0.312 e. The number of nitrogens with zero attached hydrogens (tertiary/aromatic N) is 1. The van der Waals surface area contributed by atoms with Crippen LogP contribution in [0.1, 0.15) is 39.2 Å². The molecule has 0 fully saturated rings. The lowest BCUT2D eigenvalue weighted by molar-refractivity contribution is 0.102. The van der Waals surface area contributed by atoms with Gasteiger partial charge in [0.25, 0.3) is 15.9 Å². The predicted octanol–water partition coefficient (Wildman–Crippen LogP) is 4.69. The molecule has 158 valence electrons. The molecule has 0 atom stereocenters. The molecule has 0 spiro atoms. The minimum atomic E-state index is -3.87. The van der Waals surface area contributed by atoms with Crippen LogP contribution in [0.3, 0.4) is 0 Å². The zero-order valence-corrected chi connectivity index (χ0v) is 17.9. The molecule has 1 amide bonds. The van der Waals surface area contributed by atoms with Crippen LogP contribution in [0.5, 0.6) is 0 Å². The standard InChI is InChI=1S/C22H18FN3O3S2/c23-15-7-11-17(12-8-15)31(28,29)26-16-9-5-14(6-10-16)21(27)25-22-19(13-24)18-3-1-2-4-20(18)30-22/h5-12,26H,1-4H2,(H,25,27). The van der Waals surface area contributed by atoms with E-state index < -0.39 is 15.8 Å². The maximum atomic E-state index is 13.0. The number of sulfonamides is 1. The van der Waals surface area contributed by atoms with E-state index in [4.69, 9.17) is 0 Å². The molecule has 1 aliphatic rings. The van der Waals surface area contributed by atoms with Crippen LogP contribution < -0.4 is 10.0 Å². The number of nitrogens with one attached hydrogen (secondary N) is 2. The molecule has 2 N–H and O–H groups in total. The van der Waals surface area contributed by atoms with Crippen LogP contribution in [0, 0.1) is 17.1 Å². The van der Waals surface area contributed by atoms with Gasteiger partial charge in [0.05, 0.1) is 10.5 Å². The fourth-order valence-electron chi connectivity index (χ4n) is 3.46. The number of aryl methyl sites for hydroxylation is 1. The number of carbonyl (C=O) groups excluding carboxylic acids is 1. The zero-order chi connectivity index (χ0) is 22.0. The highest BCUT2D eigenvalue weighted by Gasteiger charge is 2.22. The first-order chi connectivity index (χ1) is 14.9. The minimum absolute atomic E-state index is 0.0681. The fraction of sp³-hybridized carbons (Fsp3) is 0.182. The van der Waals surface area contributed by atoms with Gasteiger partial charge in [0.2, 0.25) is 0 Å². The van der Waals surface area contributed by atoms with Gasteiger partial charge in [-0.05, 0) is 79.8 Å². The van der Waals surface area contributed by atoms with E-state index in [1.54, 1.807) is 0 Å². The monoisotopic (exact) mass is 455 g/mol. The van der Waals surface area contributed by atoms with Crippen molar-refractivity contribution in [2.75, 3.05) is 10.0 Å². The number of thiophene rings is 1. The maximum Gasteiger partial charge on any atom is 0.261 e. The van der Waals surface area contributed by atoms with Crippen LogP contribution in [0.15, 0.2) is 53.4 Å². The topological polar surface area (TPSA) is 99.1 Å². The van der Waals surface area contributed by atoms with Crippen molar-refractivity contribution >= 4 is 38.0 Å². The molecule has 0 saturated carbocycles. The van der Waals surface area contributed by atoms with Crippen LogP contribution >= 0.6 is 11.3 Å². The van der Waals surface area contributed by atoms with Crippen molar-refractivity contribution in [2.24, 2.45) is 0 Å². The van der Waals surface area contributed by atoms with Crippen LogP contribution in [0.4, 0.5) is 15.1 Å². The van der Waals surface area contributed by atoms with Gasteiger partial charge in [0.1, 0.15) is 16.9 Å². The van der Waals surface area contributed by atoms with Crippen molar-refractivity contribution in [3.05, 3.63) is 75.9 Å². The molecule has 2 aromatic carbocycles. The van der Waals surface area contributed by atoms with Gasteiger partial charge in [-0.15, -0.1) is 11.3 Å². The maximum absolute atomic E-state index is 13.0. The van der Waals surface area contributed by atoms with Crippen molar-refractivity contribution in [1.29, 1.82) is 5.26 Å². The lowest BCUT2D eigenvalue weighted by atomic mass is 9.96. The van der Waals surface area contributed by atoms with Gasteiger partial charge in [0.15, 0.2) is 0 Å². The van der Waals surface area contributed by atoms with Gasteiger partial charge in [0, 0.05) is 16.1 Å². The van der Waals surface area contributed by atoms with E-state index in [1.807, 2.05) is 0 Å². The number of anilines is 2. The molecular weight excluding hydrogens is 437 g/mol. The van der Waals surface area contributed by atoms with E-state index in [9.17, 15) is 22.9 Å². The summed E-state index contributed by atoms with van der Waals surface area (Å²) in [5, 5.41) is 12.9. The Kier molecular flexibility index (Phi) is 5.76. The summed E-state index contributed by atoms with van der Waals surface area (Å²) < 4.78 is 40.2. The first-order valence-electron chi connectivity index (χ1n) is 9.62. The van der Waals surface area contributed by atoms with Gasteiger partial charge < -0.3 is 5.32 Å². The van der Waals surface area contributed by atoms with Gasteiger partial charge in [-0.2, -0.15) is 5.26 Å². The lowest BCUT2D eigenvalue weighted by Crippen LogP contribution is -2.14. The van der Waals surface area contributed by atoms with E-state index >= 15 is 0 Å². The molecule has 0 unspecified atom stereocenters. The van der Waals surface area contributed by atoms with E-state index in [0.717, 1.165) is 48.3 Å². The summed E-state index contributed by atoms with van der Waals surface area (Å²) in [5.41, 5.74) is 2.18. The molecule has 0 saturated heterocycles. The summed E-state index contributed by atoms with van der Waals surface area (Å²) in [6, 6.07) is 12.6. The predicted molar refractivity (Wildman–Crippen MR) is 117 cm³/mol. The number of carbonyl (C=O) groups is 1. The van der Waals surface area contributed by atoms with Crippen molar-refractivity contribution in [3.8, 4) is 6.07 Å². The van der Waals surface area contributed by atoms with E-state index in [1.165, 1.54) is 47.7 Å². The van der Waals surface area contributed by atoms with Crippen molar-refractivity contribution in [2.45, 2.75) is 30.6 Å². The second-order valence-corrected chi connectivity index (χ2v) is 9.91. The Morgan fingerprint density at radius 2 is 1.71 bits per heavy atom. The van der Waals surface area contributed by atoms with Crippen molar-refractivity contribution in [3.63, 3.8) is 0 Å². The molecule has 9 heteroatoms. The molecule has 6 nitrogen and oxygen atoms in total. The van der Waals surface area contributed by atoms with E-state index in [0.29, 0.717) is 16.1 Å². The quantitative estimate of drug-likeness (QED) is 0.583. The molecule has 1 aliphatic carbocycles. The molecule has 1 heterocycles. The van der Waals surface area contributed by atoms with Crippen molar-refractivity contribution in [1.82, 2.24) is 0 Å². The van der Waals surface area contributed by atoms with Crippen LogP contribution in [0.25, 0.3) is 0 Å². The first-order valence-corrected chi connectivity index (χ1v) is 11.9. The van der Waals surface area contributed by atoms with E-state index in [-0.39, 0.29) is 16.5 Å². The largest absolute Gasteiger partial charge is 0.312 e. The summed E-state index contributed by atoms with van der Waals surface area (Å²) in [7, 11) is -3.87. The number of hydrogen-bond acceptors (Lipinski definition) is 5. The molecule has 0 radical (unpaired) electrons. The molecule has 0 bridgehead atoms. The number of halogens is 1.